The Hall–Kier alpha value is -1.78. The van der Waals surface area contributed by atoms with Gasteiger partial charge in [0.05, 0.1) is 29.9 Å². The third-order valence-electron chi connectivity index (χ3n) is 3.36. The fourth-order valence-corrected chi connectivity index (χ4v) is 2.31. The minimum absolute atomic E-state index is 0.410. The Labute approximate surface area is 108 Å². The molecular formula is C13H22N4O. The molecule has 1 heterocycles. The summed E-state index contributed by atoms with van der Waals surface area (Å²) in [4.78, 5) is 0. The van der Waals surface area contributed by atoms with Gasteiger partial charge in [-0.05, 0) is 6.42 Å². The second-order valence-corrected chi connectivity index (χ2v) is 4.70. The van der Waals surface area contributed by atoms with Gasteiger partial charge in [-0.2, -0.15) is 0 Å². The average Bonchev–Trinajstić information content (AvgIpc) is 2.40. The van der Waals surface area contributed by atoms with Crippen molar-refractivity contribution in [3.63, 3.8) is 0 Å². The Morgan fingerprint density at radius 2 is 2.17 bits per heavy atom. The first-order chi connectivity index (χ1) is 8.67. The molecule has 0 fully saturated rings. The first-order valence-electron chi connectivity index (χ1n) is 6.43. The van der Waals surface area contributed by atoms with Gasteiger partial charge in [-0.1, -0.05) is 19.8 Å². The summed E-state index contributed by atoms with van der Waals surface area (Å²) < 4.78 is 5.21. The fraction of sp³-hybridized carbons (Fsp3) is 0.538. The maximum atomic E-state index is 6.05. The van der Waals surface area contributed by atoms with Crippen LogP contribution in [0.25, 0.3) is 0 Å². The highest BCUT2D eigenvalue weighted by Gasteiger charge is 2.22. The van der Waals surface area contributed by atoms with Crippen molar-refractivity contribution in [3.05, 3.63) is 6.07 Å². The highest BCUT2D eigenvalue weighted by atomic mass is 16.5. The van der Waals surface area contributed by atoms with E-state index in [9.17, 15) is 0 Å². The Balaban J connectivity index is 2.25. The minimum Gasteiger partial charge on any atom is -0.494 e. The van der Waals surface area contributed by atoms with E-state index in [1.807, 2.05) is 0 Å². The van der Waals surface area contributed by atoms with Crippen molar-refractivity contribution in [2.24, 2.45) is 0 Å². The van der Waals surface area contributed by atoms with Crippen LogP contribution < -0.4 is 26.8 Å². The van der Waals surface area contributed by atoms with Crippen molar-refractivity contribution >= 4 is 22.7 Å². The molecule has 0 saturated carbocycles. The molecule has 1 aromatic carbocycles. The number of nitrogen functional groups attached to an aromatic ring is 2. The molecule has 1 aliphatic rings. The number of rotatable bonds is 4. The van der Waals surface area contributed by atoms with Gasteiger partial charge in [0.1, 0.15) is 5.75 Å². The van der Waals surface area contributed by atoms with Crippen molar-refractivity contribution in [1.29, 1.82) is 0 Å². The van der Waals surface area contributed by atoms with Crippen LogP contribution in [0.4, 0.5) is 22.7 Å². The Morgan fingerprint density at radius 1 is 1.39 bits per heavy atom. The third kappa shape index (κ3) is 2.25. The van der Waals surface area contributed by atoms with Crippen molar-refractivity contribution in [2.45, 2.75) is 32.2 Å². The Bertz CT molecular complexity index is 433. The molecule has 0 amide bonds. The number of hydrogen-bond donors (Lipinski definition) is 4. The molecule has 2 rings (SSSR count). The molecule has 0 aromatic heterocycles. The summed E-state index contributed by atoms with van der Waals surface area (Å²) in [6, 6.07) is 2.18. The summed E-state index contributed by atoms with van der Waals surface area (Å²) in [5.41, 5.74) is 15.1. The van der Waals surface area contributed by atoms with Gasteiger partial charge < -0.3 is 26.8 Å². The standard InChI is InChI=1S/C13H22N4O/c1-3-4-5-8-7-16-13-11(15)10(18-2)6-9(14)12(13)17-8/h6,8,16-17H,3-5,7,14-15H2,1-2H3. The van der Waals surface area contributed by atoms with Gasteiger partial charge in [0, 0.05) is 18.7 Å². The lowest BCUT2D eigenvalue weighted by molar-refractivity contribution is 0.417. The maximum absolute atomic E-state index is 6.05. The van der Waals surface area contributed by atoms with Crippen LogP contribution in [0, 0.1) is 0 Å². The predicted molar refractivity (Wildman–Crippen MR) is 77.2 cm³/mol. The number of nitrogens with two attached hydrogens (primary N) is 2. The molecule has 1 aliphatic heterocycles. The fourth-order valence-electron chi connectivity index (χ4n) is 2.31. The molecule has 100 valence electrons. The number of methoxy groups -OCH3 is 1. The number of nitrogens with one attached hydrogen (secondary N) is 2. The summed E-state index contributed by atoms with van der Waals surface area (Å²) in [6.07, 6.45) is 3.54. The van der Waals surface area contributed by atoms with Gasteiger partial charge in [-0.25, -0.2) is 0 Å². The van der Waals surface area contributed by atoms with Gasteiger partial charge in [0.15, 0.2) is 0 Å². The van der Waals surface area contributed by atoms with Crippen molar-refractivity contribution < 1.29 is 4.74 Å². The molecule has 0 radical (unpaired) electrons. The molecule has 1 unspecified atom stereocenters. The van der Waals surface area contributed by atoms with Crippen LogP contribution >= 0.6 is 0 Å². The first-order valence-corrected chi connectivity index (χ1v) is 6.43. The van der Waals surface area contributed by atoms with Crippen molar-refractivity contribution in [3.8, 4) is 5.75 Å². The van der Waals surface area contributed by atoms with Crippen LogP contribution in [0.5, 0.6) is 5.75 Å². The van der Waals surface area contributed by atoms with Crippen LogP contribution in [0.3, 0.4) is 0 Å². The van der Waals surface area contributed by atoms with E-state index in [0.717, 1.165) is 24.3 Å². The van der Waals surface area contributed by atoms with E-state index in [1.165, 1.54) is 12.8 Å². The lowest BCUT2D eigenvalue weighted by Crippen LogP contribution is -2.33. The van der Waals surface area contributed by atoms with Crippen molar-refractivity contribution in [1.82, 2.24) is 0 Å². The molecule has 5 heteroatoms. The smallest absolute Gasteiger partial charge is 0.146 e. The van der Waals surface area contributed by atoms with Crippen LogP contribution in [-0.2, 0) is 0 Å². The minimum atomic E-state index is 0.410. The number of anilines is 4. The summed E-state index contributed by atoms with van der Waals surface area (Å²) in [5.74, 6) is 0.618. The zero-order valence-corrected chi connectivity index (χ0v) is 11.0. The molecule has 0 aliphatic carbocycles. The number of unbranched alkanes of at least 4 members (excludes halogenated alkanes) is 1. The van der Waals surface area contributed by atoms with Crippen LogP contribution in [-0.4, -0.2) is 19.7 Å². The van der Waals surface area contributed by atoms with Crippen molar-refractivity contribution in [2.75, 3.05) is 35.8 Å². The molecule has 0 bridgehead atoms. The van der Waals surface area contributed by atoms with Gasteiger partial charge in [-0.3, -0.25) is 0 Å². The van der Waals surface area contributed by atoms with Gasteiger partial charge in [-0.15, -0.1) is 0 Å². The molecular weight excluding hydrogens is 228 g/mol. The van der Waals surface area contributed by atoms with Crippen LogP contribution in [0.2, 0.25) is 0 Å². The highest BCUT2D eigenvalue weighted by Crippen LogP contribution is 2.43. The van der Waals surface area contributed by atoms with E-state index in [2.05, 4.69) is 17.6 Å². The van der Waals surface area contributed by atoms with Gasteiger partial charge in [0.25, 0.3) is 0 Å². The molecule has 5 nitrogen and oxygen atoms in total. The molecule has 18 heavy (non-hydrogen) atoms. The SMILES string of the molecule is CCCCC1CNc2c(N)c(OC)cc(N)c2N1. The largest absolute Gasteiger partial charge is 0.494 e. The summed E-state index contributed by atoms with van der Waals surface area (Å²) in [6.45, 7) is 3.06. The van der Waals surface area contributed by atoms with E-state index < -0.39 is 0 Å². The number of hydrogen-bond acceptors (Lipinski definition) is 5. The van der Waals surface area contributed by atoms with E-state index in [1.54, 1.807) is 13.2 Å². The average molecular weight is 250 g/mol. The number of ether oxygens (including phenoxy) is 1. The molecule has 6 N–H and O–H groups in total. The maximum Gasteiger partial charge on any atom is 0.146 e. The lowest BCUT2D eigenvalue weighted by atomic mass is 10.0. The van der Waals surface area contributed by atoms with Gasteiger partial charge >= 0.3 is 0 Å². The molecule has 1 aromatic rings. The lowest BCUT2D eigenvalue weighted by Gasteiger charge is -2.31. The van der Waals surface area contributed by atoms with E-state index >= 15 is 0 Å². The van der Waals surface area contributed by atoms with E-state index in [-0.39, 0.29) is 0 Å². The van der Waals surface area contributed by atoms with E-state index in [0.29, 0.717) is 23.2 Å². The summed E-state index contributed by atoms with van der Waals surface area (Å²) >= 11 is 0. The number of benzene rings is 1. The summed E-state index contributed by atoms with van der Waals surface area (Å²) in [7, 11) is 1.60. The molecule has 0 saturated heterocycles. The first kappa shape index (κ1) is 12.7. The van der Waals surface area contributed by atoms with Crippen LogP contribution in [0.1, 0.15) is 26.2 Å². The topological polar surface area (TPSA) is 85.3 Å². The monoisotopic (exact) mass is 250 g/mol. The predicted octanol–water partition coefficient (Wildman–Crippen LogP) is 2.26. The molecule has 0 spiro atoms. The third-order valence-corrected chi connectivity index (χ3v) is 3.36. The highest BCUT2D eigenvalue weighted by molar-refractivity contribution is 5.94. The van der Waals surface area contributed by atoms with Crippen LogP contribution in [0.15, 0.2) is 6.07 Å². The normalized spacial score (nSPS) is 17.6. The number of fused-ring (bicyclic) bond motifs is 1. The second-order valence-electron chi connectivity index (χ2n) is 4.70. The zero-order chi connectivity index (χ0) is 13.1. The van der Waals surface area contributed by atoms with Gasteiger partial charge in [0.2, 0.25) is 0 Å². The summed E-state index contributed by atoms with van der Waals surface area (Å²) in [5, 5.41) is 6.83. The second kappa shape index (κ2) is 5.25. The quantitative estimate of drug-likeness (QED) is 0.616. The zero-order valence-electron chi connectivity index (χ0n) is 11.0. The Morgan fingerprint density at radius 3 is 2.83 bits per heavy atom. The van der Waals surface area contributed by atoms with E-state index in [4.69, 9.17) is 16.2 Å². The Kier molecular flexibility index (Phi) is 3.69. The molecule has 1 atom stereocenters.